The zero-order valence-electron chi connectivity index (χ0n) is 49.6. The van der Waals surface area contributed by atoms with Crippen molar-refractivity contribution in [3.63, 3.8) is 0 Å². The van der Waals surface area contributed by atoms with E-state index >= 15 is 0 Å². The van der Waals surface area contributed by atoms with E-state index < -0.39 is 12.1 Å². The van der Waals surface area contributed by atoms with E-state index in [-0.39, 0.29) is 18.5 Å². The van der Waals surface area contributed by atoms with Gasteiger partial charge in [-0.15, -0.1) is 0 Å². The number of nitrogens with one attached hydrogen (secondary N) is 1. The molecule has 0 aromatic rings. The number of amides is 1. The molecule has 0 aliphatic carbocycles. The molecule has 0 aliphatic rings. The van der Waals surface area contributed by atoms with E-state index in [1.807, 2.05) is 0 Å². The fraction of sp³-hybridized carbons (Fsp3) is 0.940. The van der Waals surface area contributed by atoms with Crippen LogP contribution in [0.25, 0.3) is 0 Å². The minimum absolute atomic E-state index is 0.0198. The van der Waals surface area contributed by atoms with Crippen LogP contribution in [0.3, 0.4) is 0 Å². The van der Waals surface area contributed by atoms with Gasteiger partial charge in [0.05, 0.1) is 25.4 Å². The molecule has 73 heavy (non-hydrogen) atoms. The van der Waals surface area contributed by atoms with Crippen molar-refractivity contribution in [2.24, 2.45) is 0 Å². The summed E-state index contributed by atoms with van der Waals surface area (Å²) < 4.78 is 5.50. The molecule has 0 radical (unpaired) electrons. The first-order valence-corrected chi connectivity index (χ1v) is 33.4. The Morgan fingerprint density at radius 2 is 0.644 bits per heavy atom. The maximum Gasteiger partial charge on any atom is 0.305 e. The number of unbranched alkanes of at least 4 members (excludes halogenated alkanes) is 50. The van der Waals surface area contributed by atoms with Gasteiger partial charge in [-0.25, -0.2) is 0 Å². The average Bonchev–Trinajstić information content (AvgIpc) is 3.39. The van der Waals surface area contributed by atoms with E-state index in [1.54, 1.807) is 0 Å². The number of esters is 1. The monoisotopic (exact) mass is 1030 g/mol. The van der Waals surface area contributed by atoms with Gasteiger partial charge in [-0.2, -0.15) is 0 Å². The number of hydrogen-bond acceptors (Lipinski definition) is 5. The Morgan fingerprint density at radius 1 is 0.370 bits per heavy atom. The predicted molar refractivity (Wildman–Crippen MR) is 320 cm³/mol. The predicted octanol–water partition coefficient (Wildman–Crippen LogP) is 21.2. The summed E-state index contributed by atoms with van der Waals surface area (Å²) in [6, 6.07) is -0.540. The molecule has 1 amide bonds. The van der Waals surface area contributed by atoms with Crippen LogP contribution >= 0.6 is 0 Å². The first-order valence-electron chi connectivity index (χ1n) is 33.4. The summed E-state index contributed by atoms with van der Waals surface area (Å²) in [5, 5.41) is 23.2. The van der Waals surface area contributed by atoms with Gasteiger partial charge >= 0.3 is 5.97 Å². The van der Waals surface area contributed by atoms with Gasteiger partial charge in [0, 0.05) is 12.8 Å². The van der Waals surface area contributed by atoms with Crippen LogP contribution in [0.5, 0.6) is 0 Å². The number of aliphatic hydroxyl groups excluding tert-OH is 2. The summed E-state index contributed by atoms with van der Waals surface area (Å²) in [6.07, 6.45) is 76.8. The molecular formula is C67H131NO5. The van der Waals surface area contributed by atoms with Gasteiger partial charge in [0.2, 0.25) is 5.91 Å². The van der Waals surface area contributed by atoms with Gasteiger partial charge in [-0.3, -0.25) is 9.59 Å². The van der Waals surface area contributed by atoms with Crippen molar-refractivity contribution in [3.8, 4) is 0 Å². The number of rotatable bonds is 63. The van der Waals surface area contributed by atoms with Crippen LogP contribution in [-0.2, 0) is 14.3 Å². The Hall–Kier alpha value is -1.40. The van der Waals surface area contributed by atoms with Crippen molar-refractivity contribution >= 4 is 11.9 Å². The van der Waals surface area contributed by atoms with E-state index in [4.69, 9.17) is 4.74 Å². The lowest BCUT2D eigenvalue weighted by atomic mass is 10.0. The number of hydrogen-bond donors (Lipinski definition) is 3. The van der Waals surface area contributed by atoms with Crippen LogP contribution in [0.15, 0.2) is 12.2 Å². The van der Waals surface area contributed by atoms with Crippen LogP contribution in [0.1, 0.15) is 380 Å². The largest absolute Gasteiger partial charge is 0.466 e. The SMILES string of the molecule is CCCCCCCCCCCCCCCCCCCC(=O)OCCCCCCCCCCCCCC/C=C\CCCCCCCCCCCCCC(=O)NC(CO)C(O)CCCCCCCCCCCCCC. The molecule has 0 heterocycles. The summed E-state index contributed by atoms with van der Waals surface area (Å²) in [7, 11) is 0. The third-order valence-corrected chi connectivity index (χ3v) is 15.8. The highest BCUT2D eigenvalue weighted by Gasteiger charge is 2.20. The van der Waals surface area contributed by atoms with Crippen LogP contribution in [0.4, 0.5) is 0 Å². The molecule has 6 heteroatoms. The Labute approximate surface area is 457 Å². The average molecular weight is 1030 g/mol. The third-order valence-electron chi connectivity index (χ3n) is 15.8. The lowest BCUT2D eigenvalue weighted by Crippen LogP contribution is -2.45. The summed E-state index contributed by atoms with van der Waals surface area (Å²) >= 11 is 0. The molecule has 0 saturated carbocycles. The smallest absolute Gasteiger partial charge is 0.305 e. The molecule has 0 aromatic heterocycles. The van der Waals surface area contributed by atoms with Gasteiger partial charge in [-0.05, 0) is 51.4 Å². The van der Waals surface area contributed by atoms with Crippen LogP contribution in [-0.4, -0.2) is 47.4 Å². The van der Waals surface area contributed by atoms with Crippen molar-refractivity contribution in [2.45, 2.75) is 392 Å². The van der Waals surface area contributed by atoms with Gasteiger partial charge in [0.15, 0.2) is 0 Å². The van der Waals surface area contributed by atoms with Crippen LogP contribution in [0.2, 0.25) is 0 Å². The lowest BCUT2D eigenvalue weighted by molar-refractivity contribution is -0.143. The van der Waals surface area contributed by atoms with Crippen molar-refractivity contribution in [1.82, 2.24) is 5.32 Å². The molecular weight excluding hydrogens is 899 g/mol. The Balaban J connectivity index is 3.34. The van der Waals surface area contributed by atoms with E-state index in [9.17, 15) is 19.8 Å². The lowest BCUT2D eigenvalue weighted by Gasteiger charge is -2.22. The number of carbonyl (C=O) groups is 2. The first kappa shape index (κ1) is 71.6. The van der Waals surface area contributed by atoms with E-state index in [0.717, 1.165) is 38.5 Å². The highest BCUT2D eigenvalue weighted by molar-refractivity contribution is 5.76. The minimum Gasteiger partial charge on any atom is -0.466 e. The standard InChI is InChI=1S/C67H131NO5/c1-3-5-7-9-11-13-15-17-18-30-34-37-41-45-49-53-57-61-67(72)73-62-58-54-50-46-42-38-35-32-29-27-25-23-21-19-20-22-24-26-28-31-33-36-40-44-48-52-56-60-66(71)68-64(63-69)65(70)59-55-51-47-43-39-16-14-12-10-8-6-4-2/h19-20,64-65,69-70H,3-18,21-63H2,1-2H3,(H,68,71)/b20-19-. The van der Waals surface area contributed by atoms with E-state index in [2.05, 4.69) is 31.3 Å². The maximum atomic E-state index is 12.5. The fourth-order valence-corrected chi connectivity index (χ4v) is 10.7. The number of aliphatic hydroxyl groups is 2. The van der Waals surface area contributed by atoms with E-state index in [0.29, 0.717) is 25.9 Å². The van der Waals surface area contributed by atoms with Gasteiger partial charge in [-0.1, -0.05) is 328 Å². The Kier molecular flexibility index (Phi) is 61.9. The molecule has 0 rings (SSSR count). The van der Waals surface area contributed by atoms with Crippen molar-refractivity contribution in [1.29, 1.82) is 0 Å². The molecule has 3 N–H and O–H groups in total. The Morgan fingerprint density at radius 3 is 0.973 bits per heavy atom. The van der Waals surface area contributed by atoms with E-state index in [1.165, 1.54) is 308 Å². The minimum atomic E-state index is -0.663. The first-order chi connectivity index (χ1) is 36.0. The van der Waals surface area contributed by atoms with Crippen molar-refractivity contribution < 1.29 is 24.5 Å². The second-order valence-electron chi connectivity index (χ2n) is 23.2. The number of carbonyl (C=O) groups excluding carboxylic acids is 2. The van der Waals surface area contributed by atoms with Gasteiger partial charge in [0.1, 0.15) is 0 Å². The molecule has 0 aromatic carbocycles. The third kappa shape index (κ3) is 59.7. The summed E-state index contributed by atoms with van der Waals surface area (Å²) in [5.74, 6) is -0.0145. The fourth-order valence-electron chi connectivity index (χ4n) is 10.7. The highest BCUT2D eigenvalue weighted by atomic mass is 16.5. The molecule has 0 bridgehead atoms. The number of ether oxygens (including phenoxy) is 1. The summed E-state index contributed by atoms with van der Waals surface area (Å²) in [4.78, 5) is 24.6. The summed E-state index contributed by atoms with van der Waals surface area (Å²) in [5.41, 5.74) is 0. The van der Waals surface area contributed by atoms with Crippen LogP contribution in [0, 0.1) is 0 Å². The summed E-state index contributed by atoms with van der Waals surface area (Å²) in [6.45, 7) is 4.98. The Bertz CT molecular complexity index is 1100. The quantitative estimate of drug-likeness (QED) is 0.0320. The maximum absolute atomic E-state index is 12.5. The zero-order valence-corrected chi connectivity index (χ0v) is 49.6. The molecule has 0 saturated heterocycles. The van der Waals surface area contributed by atoms with Gasteiger partial charge < -0.3 is 20.3 Å². The highest BCUT2D eigenvalue weighted by Crippen LogP contribution is 2.18. The number of allylic oxidation sites excluding steroid dienone is 2. The van der Waals surface area contributed by atoms with Crippen molar-refractivity contribution in [2.75, 3.05) is 13.2 Å². The van der Waals surface area contributed by atoms with Crippen molar-refractivity contribution in [3.05, 3.63) is 12.2 Å². The molecule has 2 unspecified atom stereocenters. The van der Waals surface area contributed by atoms with Crippen LogP contribution < -0.4 is 5.32 Å². The zero-order chi connectivity index (χ0) is 52.9. The molecule has 434 valence electrons. The normalized spacial score (nSPS) is 12.5. The molecule has 2 atom stereocenters. The second kappa shape index (κ2) is 63.1. The molecule has 0 fully saturated rings. The topological polar surface area (TPSA) is 95.9 Å². The van der Waals surface area contributed by atoms with Gasteiger partial charge in [0.25, 0.3) is 0 Å². The second-order valence-corrected chi connectivity index (χ2v) is 23.2. The molecule has 0 spiro atoms. The molecule has 0 aliphatic heterocycles. The molecule has 6 nitrogen and oxygen atoms in total.